The molecular weight excluding hydrogens is 468 g/mol. The van der Waals surface area contributed by atoms with Crippen molar-refractivity contribution in [3.05, 3.63) is 88.2 Å². The lowest BCUT2D eigenvalue weighted by atomic mass is 10.1. The average molecular weight is 489 g/mol. The second-order valence-electron chi connectivity index (χ2n) is 7.66. The van der Waals surface area contributed by atoms with E-state index in [2.05, 4.69) is 10.3 Å². The molecule has 2 aromatic heterocycles. The zero-order valence-corrected chi connectivity index (χ0v) is 18.8. The summed E-state index contributed by atoms with van der Waals surface area (Å²) in [6, 6.07) is 12.7. The van der Waals surface area contributed by atoms with Crippen LogP contribution < -0.4 is 11.1 Å². The number of alkyl halides is 3. The van der Waals surface area contributed by atoms with Crippen LogP contribution in [-0.2, 0) is 19.1 Å². The van der Waals surface area contributed by atoms with Gasteiger partial charge in [-0.1, -0.05) is 18.2 Å². The summed E-state index contributed by atoms with van der Waals surface area (Å²) in [6.07, 6.45) is -3.86. The maximum atomic E-state index is 13.2. The molecular formula is C24H20F4N4OS. The second kappa shape index (κ2) is 9.30. The molecule has 0 aliphatic heterocycles. The van der Waals surface area contributed by atoms with Crippen LogP contribution in [0.5, 0.6) is 0 Å². The van der Waals surface area contributed by atoms with E-state index in [0.29, 0.717) is 40.7 Å². The van der Waals surface area contributed by atoms with Crippen LogP contribution in [0.15, 0.2) is 60.0 Å². The van der Waals surface area contributed by atoms with Crippen LogP contribution in [0.3, 0.4) is 0 Å². The third-order valence-electron chi connectivity index (χ3n) is 5.38. The first-order valence-electron chi connectivity index (χ1n) is 10.3. The zero-order valence-electron chi connectivity index (χ0n) is 18.0. The third-order valence-corrected chi connectivity index (χ3v) is 6.13. The number of anilines is 2. The Morgan fingerprint density at radius 2 is 1.88 bits per heavy atom. The largest absolute Gasteiger partial charge is 0.416 e. The molecule has 2 aromatic carbocycles. The molecule has 0 atom stereocenters. The van der Waals surface area contributed by atoms with Crippen molar-refractivity contribution in [1.82, 2.24) is 9.55 Å². The van der Waals surface area contributed by atoms with Gasteiger partial charge in [0.1, 0.15) is 5.82 Å². The van der Waals surface area contributed by atoms with E-state index in [-0.39, 0.29) is 11.5 Å². The Hall–Kier alpha value is -3.66. The fourth-order valence-corrected chi connectivity index (χ4v) is 4.36. The van der Waals surface area contributed by atoms with Crippen LogP contribution in [0.4, 0.5) is 28.4 Å². The van der Waals surface area contributed by atoms with E-state index in [1.807, 2.05) is 4.57 Å². The Balaban J connectivity index is 1.61. The van der Waals surface area contributed by atoms with Crippen molar-refractivity contribution in [1.29, 1.82) is 0 Å². The number of carbonyl (C=O) groups excluding carboxylic acids is 1. The summed E-state index contributed by atoms with van der Waals surface area (Å²) in [7, 11) is 0. The number of aryl methyl sites for hydroxylation is 1. The molecule has 0 bridgehead atoms. The van der Waals surface area contributed by atoms with Gasteiger partial charge in [-0.3, -0.25) is 4.79 Å². The standard InChI is InChI=1S/C24H20F4N4OS/c1-14-19(22(29)33)12-21(32(14)10-9-15-5-7-17(25)8-6-15)20-13-34-23(31-20)30-18-4-2-3-16(11-18)24(26,27)28/h2-8,11-13H,9-10H2,1H3,(H2,29,33)(H,30,31). The summed E-state index contributed by atoms with van der Waals surface area (Å²) in [5.41, 5.74) is 8.20. The Labute approximate surface area is 196 Å². The van der Waals surface area contributed by atoms with Crippen molar-refractivity contribution in [2.45, 2.75) is 26.1 Å². The first kappa shape index (κ1) is 23.5. The topological polar surface area (TPSA) is 72.9 Å². The number of hydrogen-bond acceptors (Lipinski definition) is 4. The van der Waals surface area contributed by atoms with E-state index in [4.69, 9.17) is 5.73 Å². The lowest BCUT2D eigenvalue weighted by Gasteiger charge is -2.11. The number of nitrogens with two attached hydrogens (primary N) is 1. The molecule has 0 fully saturated rings. The molecule has 0 unspecified atom stereocenters. The molecule has 4 aromatic rings. The number of rotatable bonds is 7. The lowest BCUT2D eigenvalue weighted by molar-refractivity contribution is -0.137. The molecule has 0 saturated carbocycles. The molecule has 0 radical (unpaired) electrons. The van der Waals surface area contributed by atoms with Crippen molar-refractivity contribution in [3.8, 4) is 11.4 Å². The minimum Gasteiger partial charge on any atom is -0.366 e. The zero-order chi connectivity index (χ0) is 24.5. The molecule has 3 N–H and O–H groups in total. The Bertz CT molecular complexity index is 1330. The van der Waals surface area contributed by atoms with E-state index in [0.717, 1.165) is 17.7 Å². The number of nitrogens with zero attached hydrogens (tertiary/aromatic N) is 2. The first-order chi connectivity index (χ1) is 16.1. The fourth-order valence-electron chi connectivity index (χ4n) is 3.63. The fraction of sp³-hybridized carbons (Fsp3) is 0.167. The lowest BCUT2D eigenvalue weighted by Crippen LogP contribution is -2.13. The number of halogens is 4. The predicted molar refractivity (Wildman–Crippen MR) is 124 cm³/mol. The number of amides is 1. The van der Waals surface area contributed by atoms with Gasteiger partial charge in [0.15, 0.2) is 5.13 Å². The number of nitrogens with one attached hydrogen (secondary N) is 1. The van der Waals surface area contributed by atoms with Gasteiger partial charge in [-0.25, -0.2) is 9.37 Å². The number of aromatic nitrogens is 2. The van der Waals surface area contributed by atoms with E-state index >= 15 is 0 Å². The van der Waals surface area contributed by atoms with E-state index in [1.165, 1.54) is 35.6 Å². The molecule has 5 nitrogen and oxygen atoms in total. The summed E-state index contributed by atoms with van der Waals surface area (Å²) in [4.78, 5) is 16.4. The average Bonchev–Trinajstić information content (AvgIpc) is 3.37. The van der Waals surface area contributed by atoms with Crippen molar-refractivity contribution in [2.24, 2.45) is 5.73 Å². The quantitative estimate of drug-likeness (QED) is 0.306. The SMILES string of the molecule is Cc1c(C(N)=O)cc(-c2csc(Nc3cccc(C(F)(F)F)c3)n2)n1CCc1ccc(F)cc1. The van der Waals surface area contributed by atoms with Gasteiger partial charge < -0.3 is 15.6 Å². The molecule has 10 heteroatoms. The van der Waals surface area contributed by atoms with Crippen LogP contribution in [-0.4, -0.2) is 15.5 Å². The van der Waals surface area contributed by atoms with Crippen LogP contribution in [0, 0.1) is 12.7 Å². The van der Waals surface area contributed by atoms with Crippen LogP contribution in [0.25, 0.3) is 11.4 Å². The summed E-state index contributed by atoms with van der Waals surface area (Å²) in [6.45, 7) is 2.27. The maximum Gasteiger partial charge on any atom is 0.416 e. The Kier molecular flexibility index (Phi) is 6.43. The van der Waals surface area contributed by atoms with Gasteiger partial charge >= 0.3 is 6.18 Å². The van der Waals surface area contributed by atoms with Crippen molar-refractivity contribution in [3.63, 3.8) is 0 Å². The molecule has 1 amide bonds. The highest BCUT2D eigenvalue weighted by molar-refractivity contribution is 7.14. The minimum atomic E-state index is -4.44. The van der Waals surface area contributed by atoms with Gasteiger partial charge in [-0.2, -0.15) is 13.2 Å². The number of carbonyl (C=O) groups is 1. The van der Waals surface area contributed by atoms with Crippen molar-refractivity contribution >= 4 is 28.1 Å². The van der Waals surface area contributed by atoms with Gasteiger partial charge in [0.05, 0.1) is 22.5 Å². The van der Waals surface area contributed by atoms with Gasteiger partial charge in [-0.05, 0) is 55.3 Å². The van der Waals surface area contributed by atoms with Gasteiger partial charge in [0.2, 0.25) is 0 Å². The Morgan fingerprint density at radius 3 is 2.56 bits per heavy atom. The number of benzene rings is 2. The molecule has 0 aliphatic rings. The van der Waals surface area contributed by atoms with Crippen LogP contribution in [0.2, 0.25) is 0 Å². The number of primary amides is 1. The van der Waals surface area contributed by atoms with Crippen LogP contribution in [0.1, 0.15) is 27.2 Å². The van der Waals surface area contributed by atoms with E-state index < -0.39 is 17.6 Å². The predicted octanol–water partition coefficient (Wildman–Crippen LogP) is 6.16. The monoisotopic (exact) mass is 488 g/mol. The van der Waals surface area contributed by atoms with Crippen LogP contribution >= 0.6 is 11.3 Å². The summed E-state index contributed by atoms with van der Waals surface area (Å²) < 4.78 is 54.1. The summed E-state index contributed by atoms with van der Waals surface area (Å²) in [5.74, 6) is -0.891. The van der Waals surface area contributed by atoms with Crippen molar-refractivity contribution in [2.75, 3.05) is 5.32 Å². The van der Waals surface area contributed by atoms with Crippen molar-refractivity contribution < 1.29 is 22.4 Å². The Morgan fingerprint density at radius 1 is 1.15 bits per heavy atom. The summed E-state index contributed by atoms with van der Waals surface area (Å²) >= 11 is 1.23. The molecule has 0 aliphatic carbocycles. The second-order valence-corrected chi connectivity index (χ2v) is 8.52. The highest BCUT2D eigenvalue weighted by atomic mass is 32.1. The van der Waals surface area contributed by atoms with Gasteiger partial charge in [-0.15, -0.1) is 11.3 Å². The number of hydrogen-bond donors (Lipinski definition) is 2. The van der Waals surface area contributed by atoms with Gasteiger partial charge in [0.25, 0.3) is 5.91 Å². The van der Waals surface area contributed by atoms with E-state index in [9.17, 15) is 22.4 Å². The molecule has 0 spiro atoms. The number of thiazole rings is 1. The normalized spacial score (nSPS) is 11.6. The minimum absolute atomic E-state index is 0.261. The molecule has 176 valence electrons. The highest BCUT2D eigenvalue weighted by Crippen LogP contribution is 2.33. The maximum absolute atomic E-state index is 13.2. The van der Waals surface area contributed by atoms with Gasteiger partial charge in [0, 0.05) is 23.3 Å². The smallest absolute Gasteiger partial charge is 0.366 e. The van der Waals surface area contributed by atoms with E-state index in [1.54, 1.807) is 30.5 Å². The summed E-state index contributed by atoms with van der Waals surface area (Å²) in [5, 5.41) is 5.06. The highest BCUT2D eigenvalue weighted by Gasteiger charge is 2.30. The molecule has 2 heterocycles. The first-order valence-corrected chi connectivity index (χ1v) is 11.1. The third kappa shape index (κ3) is 5.12. The molecule has 0 saturated heterocycles. The molecule has 34 heavy (non-hydrogen) atoms. The molecule has 4 rings (SSSR count).